The SMILES string of the molecule is C(=NC1CC(N=Cc2ccccc2)CC(N=Cc2ccccc2)C1)c1ccccc1. The van der Waals surface area contributed by atoms with Crippen LogP contribution in [0.15, 0.2) is 106 Å². The fourth-order valence-corrected chi connectivity index (χ4v) is 3.79. The van der Waals surface area contributed by atoms with Gasteiger partial charge in [-0.2, -0.15) is 0 Å². The average Bonchev–Trinajstić information content (AvgIpc) is 2.82. The van der Waals surface area contributed by atoms with Crippen molar-refractivity contribution in [3.63, 3.8) is 0 Å². The molecule has 4 rings (SSSR count). The Labute approximate surface area is 179 Å². The van der Waals surface area contributed by atoms with Gasteiger partial charge in [-0.3, -0.25) is 15.0 Å². The monoisotopic (exact) mass is 393 g/mol. The van der Waals surface area contributed by atoms with Crippen molar-refractivity contribution in [2.24, 2.45) is 15.0 Å². The number of hydrogen-bond donors (Lipinski definition) is 0. The first-order valence-corrected chi connectivity index (χ1v) is 10.6. The van der Waals surface area contributed by atoms with Crippen LogP contribution in [0.2, 0.25) is 0 Å². The van der Waals surface area contributed by atoms with Crippen LogP contribution in [0.25, 0.3) is 0 Å². The third kappa shape index (κ3) is 6.08. The highest BCUT2D eigenvalue weighted by Crippen LogP contribution is 2.26. The molecule has 1 saturated carbocycles. The van der Waals surface area contributed by atoms with Crippen molar-refractivity contribution >= 4 is 18.6 Å². The zero-order chi connectivity index (χ0) is 20.4. The second-order valence-electron chi connectivity index (χ2n) is 7.74. The molecular weight excluding hydrogens is 366 g/mol. The lowest BCUT2D eigenvalue weighted by atomic mass is 9.88. The van der Waals surface area contributed by atoms with Gasteiger partial charge in [-0.05, 0) is 36.0 Å². The first-order chi connectivity index (χ1) is 14.8. The Morgan fingerprint density at radius 1 is 0.433 bits per heavy atom. The molecular formula is C27H27N3. The van der Waals surface area contributed by atoms with Gasteiger partial charge in [-0.25, -0.2) is 0 Å². The Bertz CT molecular complexity index is 840. The molecule has 150 valence electrons. The molecule has 3 heteroatoms. The van der Waals surface area contributed by atoms with Crippen molar-refractivity contribution < 1.29 is 0 Å². The second kappa shape index (κ2) is 10.4. The predicted octanol–water partition coefficient (Wildman–Crippen LogP) is 5.63. The molecule has 0 N–H and O–H groups in total. The molecule has 0 spiro atoms. The van der Waals surface area contributed by atoms with Crippen molar-refractivity contribution in [3.05, 3.63) is 108 Å². The van der Waals surface area contributed by atoms with E-state index in [2.05, 4.69) is 36.4 Å². The predicted molar refractivity (Wildman–Crippen MR) is 127 cm³/mol. The zero-order valence-corrected chi connectivity index (χ0v) is 17.1. The second-order valence-corrected chi connectivity index (χ2v) is 7.74. The van der Waals surface area contributed by atoms with E-state index >= 15 is 0 Å². The van der Waals surface area contributed by atoms with Gasteiger partial charge in [0.15, 0.2) is 0 Å². The molecule has 0 amide bonds. The van der Waals surface area contributed by atoms with Crippen LogP contribution in [0.1, 0.15) is 36.0 Å². The molecule has 0 bridgehead atoms. The van der Waals surface area contributed by atoms with E-state index in [1.54, 1.807) is 0 Å². The Morgan fingerprint density at radius 2 is 0.700 bits per heavy atom. The Balaban J connectivity index is 1.48. The number of aliphatic imine (C=N–C) groups is 3. The number of rotatable bonds is 6. The summed E-state index contributed by atoms with van der Waals surface area (Å²) in [4.78, 5) is 14.7. The summed E-state index contributed by atoms with van der Waals surface area (Å²) in [6.45, 7) is 0. The summed E-state index contributed by atoms with van der Waals surface area (Å²) in [7, 11) is 0. The van der Waals surface area contributed by atoms with E-state index < -0.39 is 0 Å². The maximum Gasteiger partial charge on any atom is 0.0540 e. The number of nitrogens with zero attached hydrogens (tertiary/aromatic N) is 3. The van der Waals surface area contributed by atoms with Gasteiger partial charge in [0.1, 0.15) is 0 Å². The van der Waals surface area contributed by atoms with Gasteiger partial charge < -0.3 is 0 Å². The molecule has 0 aromatic heterocycles. The minimum Gasteiger partial charge on any atom is -0.289 e. The van der Waals surface area contributed by atoms with Crippen LogP contribution in [0, 0.1) is 0 Å². The average molecular weight is 394 g/mol. The fraction of sp³-hybridized carbons (Fsp3) is 0.222. The van der Waals surface area contributed by atoms with Gasteiger partial charge in [-0.15, -0.1) is 0 Å². The molecule has 1 aliphatic rings. The van der Waals surface area contributed by atoms with E-state index in [-0.39, 0.29) is 18.1 Å². The molecule has 3 nitrogen and oxygen atoms in total. The first kappa shape index (κ1) is 20.0. The molecule has 0 saturated heterocycles. The van der Waals surface area contributed by atoms with Crippen LogP contribution in [0.4, 0.5) is 0 Å². The van der Waals surface area contributed by atoms with Crippen LogP contribution < -0.4 is 0 Å². The lowest BCUT2D eigenvalue weighted by Gasteiger charge is -2.29. The van der Waals surface area contributed by atoms with Crippen molar-refractivity contribution in [1.29, 1.82) is 0 Å². The lowest BCUT2D eigenvalue weighted by molar-refractivity contribution is 0.358. The molecule has 0 radical (unpaired) electrons. The standard InChI is InChI=1S/C27H27N3/c1-4-10-22(11-5-1)19-28-25-16-26(29-20-23-12-6-2-7-13-23)18-27(17-25)30-21-24-14-8-3-9-15-24/h1-15,19-21,25-27H,16-18H2. The van der Waals surface area contributed by atoms with E-state index in [1.807, 2.05) is 73.2 Å². The minimum atomic E-state index is 0.231. The molecule has 3 aromatic carbocycles. The van der Waals surface area contributed by atoms with E-state index in [1.165, 1.54) is 0 Å². The van der Waals surface area contributed by atoms with Gasteiger partial charge in [0.2, 0.25) is 0 Å². The Morgan fingerprint density at radius 3 is 0.967 bits per heavy atom. The summed E-state index contributed by atoms with van der Waals surface area (Å²) >= 11 is 0. The summed E-state index contributed by atoms with van der Waals surface area (Å²) in [5.41, 5.74) is 3.41. The maximum absolute atomic E-state index is 4.89. The smallest absolute Gasteiger partial charge is 0.0540 e. The van der Waals surface area contributed by atoms with Crippen LogP contribution >= 0.6 is 0 Å². The maximum atomic E-state index is 4.89. The molecule has 0 aliphatic heterocycles. The highest BCUT2D eigenvalue weighted by molar-refractivity contribution is 5.80. The quantitative estimate of drug-likeness (QED) is 0.487. The molecule has 0 heterocycles. The summed E-state index contributed by atoms with van der Waals surface area (Å²) in [6.07, 6.45) is 8.86. The van der Waals surface area contributed by atoms with E-state index in [9.17, 15) is 0 Å². The molecule has 3 aromatic rings. The molecule has 1 fully saturated rings. The summed E-state index contributed by atoms with van der Waals surface area (Å²) in [6, 6.07) is 31.6. The van der Waals surface area contributed by atoms with E-state index in [4.69, 9.17) is 15.0 Å². The fourth-order valence-electron chi connectivity index (χ4n) is 3.79. The lowest BCUT2D eigenvalue weighted by Crippen LogP contribution is -2.30. The highest BCUT2D eigenvalue weighted by atomic mass is 14.9. The summed E-state index contributed by atoms with van der Waals surface area (Å²) in [5.74, 6) is 0. The molecule has 1 aliphatic carbocycles. The van der Waals surface area contributed by atoms with Crippen molar-refractivity contribution in [2.75, 3.05) is 0 Å². The van der Waals surface area contributed by atoms with Crippen molar-refractivity contribution in [2.45, 2.75) is 37.4 Å². The van der Waals surface area contributed by atoms with Gasteiger partial charge in [0, 0.05) is 18.6 Å². The third-order valence-electron chi connectivity index (χ3n) is 5.33. The first-order valence-electron chi connectivity index (χ1n) is 10.6. The summed E-state index contributed by atoms with van der Waals surface area (Å²) < 4.78 is 0. The van der Waals surface area contributed by atoms with Gasteiger partial charge in [-0.1, -0.05) is 91.0 Å². The Kier molecular flexibility index (Phi) is 6.95. The largest absolute Gasteiger partial charge is 0.289 e. The third-order valence-corrected chi connectivity index (χ3v) is 5.33. The number of hydrogen-bond acceptors (Lipinski definition) is 3. The van der Waals surface area contributed by atoms with Crippen molar-refractivity contribution in [1.82, 2.24) is 0 Å². The minimum absolute atomic E-state index is 0.231. The van der Waals surface area contributed by atoms with Gasteiger partial charge in [0.05, 0.1) is 18.1 Å². The van der Waals surface area contributed by atoms with Gasteiger partial charge in [0.25, 0.3) is 0 Å². The van der Waals surface area contributed by atoms with Crippen molar-refractivity contribution in [3.8, 4) is 0 Å². The topological polar surface area (TPSA) is 37.1 Å². The van der Waals surface area contributed by atoms with E-state index in [0.29, 0.717) is 0 Å². The summed E-state index contributed by atoms with van der Waals surface area (Å²) in [5, 5.41) is 0. The van der Waals surface area contributed by atoms with E-state index in [0.717, 1.165) is 36.0 Å². The van der Waals surface area contributed by atoms with Gasteiger partial charge >= 0.3 is 0 Å². The van der Waals surface area contributed by atoms with Crippen LogP contribution in [0.5, 0.6) is 0 Å². The molecule has 0 atom stereocenters. The van der Waals surface area contributed by atoms with Crippen LogP contribution in [0.3, 0.4) is 0 Å². The van der Waals surface area contributed by atoms with Crippen LogP contribution in [-0.2, 0) is 0 Å². The molecule has 30 heavy (non-hydrogen) atoms. The number of benzene rings is 3. The van der Waals surface area contributed by atoms with Crippen LogP contribution in [-0.4, -0.2) is 36.8 Å². The zero-order valence-electron chi connectivity index (χ0n) is 17.1. The Hall–Kier alpha value is -3.33. The molecule has 0 unspecified atom stereocenters. The normalized spacial score (nSPS) is 22.2. The highest BCUT2D eigenvalue weighted by Gasteiger charge is 2.27.